The maximum absolute atomic E-state index is 12.2. The van der Waals surface area contributed by atoms with E-state index < -0.39 is 34.4 Å². The molecule has 2 rings (SSSR count). The largest absolute Gasteiger partial charge is 0.481 e. The van der Waals surface area contributed by atoms with Gasteiger partial charge in [-0.05, 0) is 12.5 Å². The number of hydrogen-bond donors (Lipinski definition) is 1. The lowest BCUT2D eigenvalue weighted by molar-refractivity contribution is 0.0474. The molecule has 120 valence electrons. The minimum Gasteiger partial charge on any atom is -0.481 e. The third-order valence-corrected chi connectivity index (χ3v) is 2.87. The van der Waals surface area contributed by atoms with Gasteiger partial charge in [0.15, 0.2) is 0 Å². The standard InChI is InChI=1S/C16H14O7/c1-2-21-16(20)14-13(12(17)11(9-23-14)15(18)19)22-8-10-6-4-3-5-7-10/h3-7,9H,2,8H2,1H3,(H,18,19). The van der Waals surface area contributed by atoms with Crippen molar-refractivity contribution in [2.45, 2.75) is 13.5 Å². The van der Waals surface area contributed by atoms with Gasteiger partial charge in [0.25, 0.3) is 5.76 Å². The van der Waals surface area contributed by atoms with E-state index in [1.807, 2.05) is 6.07 Å². The Morgan fingerprint density at radius 2 is 1.91 bits per heavy atom. The van der Waals surface area contributed by atoms with Crippen molar-refractivity contribution in [3.63, 3.8) is 0 Å². The smallest absolute Gasteiger partial charge is 0.378 e. The third-order valence-electron chi connectivity index (χ3n) is 2.87. The van der Waals surface area contributed by atoms with E-state index in [0.717, 1.165) is 5.56 Å². The van der Waals surface area contributed by atoms with Crippen LogP contribution < -0.4 is 10.2 Å². The molecule has 0 aliphatic rings. The highest BCUT2D eigenvalue weighted by Crippen LogP contribution is 2.18. The molecule has 0 atom stereocenters. The summed E-state index contributed by atoms with van der Waals surface area (Å²) in [6, 6.07) is 8.88. The van der Waals surface area contributed by atoms with E-state index in [0.29, 0.717) is 6.26 Å². The summed E-state index contributed by atoms with van der Waals surface area (Å²) in [7, 11) is 0. The topological polar surface area (TPSA) is 103 Å². The minimum atomic E-state index is -1.47. The van der Waals surface area contributed by atoms with Gasteiger partial charge in [-0.15, -0.1) is 0 Å². The van der Waals surface area contributed by atoms with Crippen LogP contribution in [0.25, 0.3) is 0 Å². The Morgan fingerprint density at radius 3 is 2.52 bits per heavy atom. The van der Waals surface area contributed by atoms with Gasteiger partial charge in [0, 0.05) is 0 Å². The van der Waals surface area contributed by atoms with Crippen molar-refractivity contribution in [3.05, 3.63) is 63.7 Å². The van der Waals surface area contributed by atoms with Crippen LogP contribution >= 0.6 is 0 Å². The van der Waals surface area contributed by atoms with Crippen molar-refractivity contribution in [1.29, 1.82) is 0 Å². The number of carbonyl (C=O) groups is 2. The molecule has 0 aliphatic carbocycles. The van der Waals surface area contributed by atoms with Gasteiger partial charge in [-0.25, -0.2) is 9.59 Å². The van der Waals surface area contributed by atoms with Crippen LogP contribution in [-0.4, -0.2) is 23.7 Å². The highest BCUT2D eigenvalue weighted by atomic mass is 16.6. The second-order valence-corrected chi connectivity index (χ2v) is 4.44. The molecule has 0 amide bonds. The van der Waals surface area contributed by atoms with E-state index >= 15 is 0 Å². The summed E-state index contributed by atoms with van der Waals surface area (Å²) in [5.74, 6) is -3.31. The zero-order chi connectivity index (χ0) is 16.8. The average molecular weight is 318 g/mol. The number of aromatic carboxylic acids is 1. The number of carbonyl (C=O) groups excluding carboxylic acids is 1. The summed E-state index contributed by atoms with van der Waals surface area (Å²) in [5.41, 5.74) is -0.828. The molecule has 2 aromatic rings. The first-order valence-corrected chi connectivity index (χ1v) is 6.77. The second kappa shape index (κ2) is 7.26. The fourth-order valence-corrected chi connectivity index (χ4v) is 1.80. The number of carboxylic acid groups (broad SMARTS) is 1. The molecule has 1 aromatic heterocycles. The van der Waals surface area contributed by atoms with Crippen LogP contribution in [0.3, 0.4) is 0 Å². The first-order chi connectivity index (χ1) is 11.0. The minimum absolute atomic E-state index is 0.0267. The molecule has 7 nitrogen and oxygen atoms in total. The van der Waals surface area contributed by atoms with Gasteiger partial charge >= 0.3 is 11.9 Å². The van der Waals surface area contributed by atoms with Gasteiger partial charge in [-0.2, -0.15) is 0 Å². The van der Waals surface area contributed by atoms with E-state index in [1.54, 1.807) is 31.2 Å². The predicted octanol–water partition coefficient (Wildman–Crippen LogP) is 2.09. The molecule has 1 aromatic carbocycles. The van der Waals surface area contributed by atoms with E-state index in [9.17, 15) is 14.4 Å². The van der Waals surface area contributed by atoms with Crippen molar-refractivity contribution in [2.75, 3.05) is 6.61 Å². The molecule has 0 saturated heterocycles. The van der Waals surface area contributed by atoms with Crippen LogP contribution in [-0.2, 0) is 11.3 Å². The molecule has 0 spiro atoms. The average Bonchev–Trinajstić information content (AvgIpc) is 2.54. The Balaban J connectivity index is 2.40. The summed E-state index contributed by atoms with van der Waals surface area (Å²) in [5, 5.41) is 8.98. The maximum atomic E-state index is 12.2. The third kappa shape index (κ3) is 3.76. The highest BCUT2D eigenvalue weighted by Gasteiger charge is 2.25. The number of ether oxygens (including phenoxy) is 2. The van der Waals surface area contributed by atoms with E-state index in [1.165, 1.54) is 0 Å². The van der Waals surface area contributed by atoms with Crippen molar-refractivity contribution in [3.8, 4) is 5.75 Å². The van der Waals surface area contributed by atoms with Crippen LogP contribution in [0, 0.1) is 0 Å². The lowest BCUT2D eigenvalue weighted by atomic mass is 10.2. The Kier molecular flexibility index (Phi) is 5.14. The van der Waals surface area contributed by atoms with E-state index in [-0.39, 0.29) is 13.2 Å². The number of benzene rings is 1. The van der Waals surface area contributed by atoms with Crippen molar-refractivity contribution < 1.29 is 28.6 Å². The number of rotatable bonds is 6. The fourth-order valence-electron chi connectivity index (χ4n) is 1.80. The monoisotopic (exact) mass is 318 g/mol. The van der Waals surface area contributed by atoms with Gasteiger partial charge in [0.05, 0.1) is 6.61 Å². The molecule has 1 N–H and O–H groups in total. The highest BCUT2D eigenvalue weighted by molar-refractivity contribution is 5.92. The van der Waals surface area contributed by atoms with Crippen molar-refractivity contribution in [1.82, 2.24) is 0 Å². The van der Waals surface area contributed by atoms with Crippen LogP contribution in [0.4, 0.5) is 0 Å². The normalized spacial score (nSPS) is 10.1. The van der Waals surface area contributed by atoms with Gasteiger partial charge < -0.3 is 19.0 Å². The zero-order valence-corrected chi connectivity index (χ0v) is 12.3. The lowest BCUT2D eigenvalue weighted by Gasteiger charge is -2.10. The second-order valence-electron chi connectivity index (χ2n) is 4.44. The first-order valence-electron chi connectivity index (χ1n) is 6.77. The molecule has 0 unspecified atom stereocenters. The molecule has 7 heteroatoms. The zero-order valence-electron chi connectivity index (χ0n) is 12.3. The summed E-state index contributed by atoms with van der Waals surface area (Å²) in [6.45, 7) is 1.63. The maximum Gasteiger partial charge on any atom is 0.378 e. The number of esters is 1. The predicted molar refractivity (Wildman–Crippen MR) is 78.7 cm³/mol. The number of hydrogen-bond acceptors (Lipinski definition) is 6. The van der Waals surface area contributed by atoms with Gasteiger partial charge in [-0.3, -0.25) is 4.79 Å². The number of carboxylic acids is 1. The summed E-state index contributed by atoms with van der Waals surface area (Å²) in [4.78, 5) is 35.0. The Bertz CT molecular complexity index is 762. The molecule has 1 heterocycles. The van der Waals surface area contributed by atoms with E-state index in [2.05, 4.69) is 0 Å². The SMILES string of the molecule is CCOC(=O)c1occ(C(=O)O)c(=O)c1OCc1ccccc1. The Morgan fingerprint density at radius 1 is 1.22 bits per heavy atom. The van der Waals surface area contributed by atoms with Crippen LogP contribution in [0.5, 0.6) is 5.75 Å². The summed E-state index contributed by atoms with van der Waals surface area (Å²) >= 11 is 0. The molecule has 0 fully saturated rings. The molecular formula is C16H14O7. The molecule has 23 heavy (non-hydrogen) atoms. The van der Waals surface area contributed by atoms with Crippen molar-refractivity contribution in [2.24, 2.45) is 0 Å². The molecule has 0 saturated carbocycles. The molecule has 0 aliphatic heterocycles. The van der Waals surface area contributed by atoms with Crippen LogP contribution in [0.15, 0.2) is 45.8 Å². The van der Waals surface area contributed by atoms with E-state index in [4.69, 9.17) is 19.0 Å². The Labute approximate surface area is 131 Å². The lowest BCUT2D eigenvalue weighted by Crippen LogP contribution is -2.21. The van der Waals surface area contributed by atoms with Crippen LogP contribution in [0.1, 0.15) is 33.4 Å². The Hall–Kier alpha value is -3.09. The van der Waals surface area contributed by atoms with Gasteiger partial charge in [-0.1, -0.05) is 30.3 Å². The summed E-state index contributed by atoms with van der Waals surface area (Å²) < 4.78 is 15.1. The molecule has 0 radical (unpaired) electrons. The quantitative estimate of drug-likeness (QED) is 0.813. The van der Waals surface area contributed by atoms with Crippen LogP contribution in [0.2, 0.25) is 0 Å². The van der Waals surface area contributed by atoms with Gasteiger partial charge in [0.2, 0.25) is 11.2 Å². The molecular weight excluding hydrogens is 304 g/mol. The first kappa shape index (κ1) is 16.3. The summed E-state index contributed by atoms with van der Waals surface area (Å²) in [6.07, 6.45) is 0.701. The fraction of sp³-hybridized carbons (Fsp3) is 0.188. The molecule has 0 bridgehead atoms. The van der Waals surface area contributed by atoms with Crippen molar-refractivity contribution >= 4 is 11.9 Å². The van der Waals surface area contributed by atoms with Gasteiger partial charge in [0.1, 0.15) is 18.4 Å².